The van der Waals surface area contributed by atoms with Crippen molar-refractivity contribution in [1.82, 2.24) is 4.98 Å². The molecule has 0 aliphatic heterocycles. The number of aromatic nitrogens is 1. The van der Waals surface area contributed by atoms with E-state index in [2.05, 4.69) is 20.9 Å². The molecular weight excluding hydrogens is 212 g/mol. The van der Waals surface area contributed by atoms with E-state index in [1.54, 1.807) is 19.2 Å². The molecule has 0 fully saturated rings. The number of anilines is 1. The maximum atomic E-state index is 8.45. The number of nitrogens with zero attached hydrogens (tertiary/aromatic N) is 1. The summed E-state index contributed by atoms with van der Waals surface area (Å²) < 4.78 is 5.48. The third-order valence-electron chi connectivity index (χ3n) is 1.15. The smallest absolute Gasteiger partial charge is 0.151 e. The minimum Gasteiger partial charge on any atom is -0.494 e. The molecule has 60 valence electrons. The molecule has 0 radical (unpaired) electrons. The summed E-state index contributed by atoms with van der Waals surface area (Å²) >= 11 is 3.16. The van der Waals surface area contributed by atoms with E-state index in [0.29, 0.717) is 16.2 Å². The van der Waals surface area contributed by atoms with Crippen LogP contribution in [0.15, 0.2) is 16.7 Å². The molecule has 2 N–H and O–H groups in total. The van der Waals surface area contributed by atoms with Crippen LogP contribution >= 0.6 is 15.9 Å². The Kier molecular flexibility index (Phi) is 2.67. The van der Waals surface area contributed by atoms with Crippen molar-refractivity contribution in [2.24, 2.45) is 0 Å². The van der Waals surface area contributed by atoms with Crippen LogP contribution in [-0.4, -0.2) is 17.3 Å². The van der Waals surface area contributed by atoms with E-state index < -0.39 is 0 Å². The molecule has 1 aromatic rings. The fourth-order valence-electron chi connectivity index (χ4n) is 0.636. The molecular formula is C6H7BrN2O2. The highest BCUT2D eigenvalue weighted by Crippen LogP contribution is 2.23. The van der Waals surface area contributed by atoms with E-state index in [9.17, 15) is 0 Å². The van der Waals surface area contributed by atoms with Crippen molar-refractivity contribution in [1.29, 1.82) is 0 Å². The first-order valence-electron chi connectivity index (χ1n) is 2.88. The Balaban J connectivity index is 2.99. The van der Waals surface area contributed by atoms with Crippen LogP contribution < -0.4 is 10.2 Å². The van der Waals surface area contributed by atoms with Gasteiger partial charge in [0.1, 0.15) is 4.60 Å². The first kappa shape index (κ1) is 8.29. The van der Waals surface area contributed by atoms with Gasteiger partial charge in [0.05, 0.1) is 7.11 Å². The van der Waals surface area contributed by atoms with Crippen molar-refractivity contribution < 1.29 is 9.94 Å². The summed E-state index contributed by atoms with van der Waals surface area (Å²) in [5.74, 6) is 1.00. The minimum atomic E-state index is 0.373. The number of hydrogen-bond acceptors (Lipinski definition) is 4. The molecule has 0 aromatic carbocycles. The average molecular weight is 219 g/mol. The number of rotatable bonds is 2. The van der Waals surface area contributed by atoms with Gasteiger partial charge in [0.25, 0.3) is 0 Å². The lowest BCUT2D eigenvalue weighted by Gasteiger charge is -2.02. The van der Waals surface area contributed by atoms with Crippen molar-refractivity contribution in [3.05, 3.63) is 16.7 Å². The molecule has 1 rings (SSSR count). The van der Waals surface area contributed by atoms with E-state index in [1.165, 1.54) is 0 Å². The van der Waals surface area contributed by atoms with Gasteiger partial charge in [-0.1, -0.05) is 0 Å². The predicted octanol–water partition coefficient (Wildman–Crippen LogP) is 1.65. The Morgan fingerprint density at radius 2 is 2.36 bits per heavy atom. The summed E-state index contributed by atoms with van der Waals surface area (Å²) in [6.07, 6.45) is 0. The highest BCUT2D eigenvalue weighted by atomic mass is 79.9. The van der Waals surface area contributed by atoms with E-state index in [1.807, 2.05) is 5.48 Å². The normalized spacial score (nSPS) is 9.36. The minimum absolute atomic E-state index is 0.373. The maximum Gasteiger partial charge on any atom is 0.151 e. The summed E-state index contributed by atoms with van der Waals surface area (Å²) in [6.45, 7) is 0. The third-order valence-corrected chi connectivity index (χ3v) is 1.72. The molecule has 5 heteroatoms. The molecule has 0 bridgehead atoms. The van der Waals surface area contributed by atoms with Gasteiger partial charge in [-0.15, -0.1) is 0 Å². The van der Waals surface area contributed by atoms with E-state index >= 15 is 0 Å². The standard InChI is InChI=1S/C6H7BrN2O2/c1-11-4-2-3-5(9-10)8-6(4)7/h2-3,10H,1H3,(H,8,9). The van der Waals surface area contributed by atoms with Gasteiger partial charge in [-0.2, -0.15) is 0 Å². The quantitative estimate of drug-likeness (QED) is 0.586. The second-order valence-corrected chi connectivity index (χ2v) is 2.55. The zero-order valence-electron chi connectivity index (χ0n) is 5.84. The molecule has 0 saturated heterocycles. The van der Waals surface area contributed by atoms with Crippen molar-refractivity contribution in [2.75, 3.05) is 12.6 Å². The SMILES string of the molecule is COc1ccc(NO)nc1Br. The Morgan fingerprint density at radius 3 is 2.82 bits per heavy atom. The van der Waals surface area contributed by atoms with Crippen LogP contribution in [0.5, 0.6) is 5.75 Å². The van der Waals surface area contributed by atoms with E-state index in [-0.39, 0.29) is 0 Å². The molecule has 0 unspecified atom stereocenters. The average Bonchev–Trinajstić information content (AvgIpc) is 2.04. The van der Waals surface area contributed by atoms with Gasteiger partial charge in [-0.25, -0.2) is 4.98 Å². The lowest BCUT2D eigenvalue weighted by atomic mass is 10.4. The van der Waals surface area contributed by atoms with Crippen LogP contribution in [0.25, 0.3) is 0 Å². The van der Waals surface area contributed by atoms with Crippen molar-refractivity contribution in [3.63, 3.8) is 0 Å². The number of halogens is 1. The molecule has 0 spiro atoms. The fourth-order valence-corrected chi connectivity index (χ4v) is 1.12. The summed E-state index contributed by atoms with van der Waals surface area (Å²) in [5.41, 5.74) is 1.92. The summed E-state index contributed by atoms with van der Waals surface area (Å²) in [5, 5.41) is 8.45. The van der Waals surface area contributed by atoms with E-state index in [4.69, 9.17) is 9.94 Å². The topological polar surface area (TPSA) is 54.4 Å². The van der Waals surface area contributed by atoms with Gasteiger partial charge in [0.15, 0.2) is 11.6 Å². The Hall–Kier alpha value is -0.810. The van der Waals surface area contributed by atoms with Crippen LogP contribution in [0.4, 0.5) is 5.82 Å². The predicted molar refractivity (Wildman–Crippen MR) is 43.9 cm³/mol. The number of hydrogen-bond donors (Lipinski definition) is 2. The Bertz CT molecular complexity index is 254. The number of ether oxygens (including phenoxy) is 1. The van der Waals surface area contributed by atoms with Crippen molar-refractivity contribution in [2.45, 2.75) is 0 Å². The maximum absolute atomic E-state index is 8.45. The Labute approximate surface area is 72.3 Å². The lowest BCUT2D eigenvalue weighted by Crippen LogP contribution is -1.94. The second-order valence-electron chi connectivity index (χ2n) is 1.80. The molecule has 0 aliphatic rings. The lowest BCUT2D eigenvalue weighted by molar-refractivity contribution is 0.384. The first-order chi connectivity index (χ1) is 5.27. The van der Waals surface area contributed by atoms with Crippen LogP contribution in [0, 0.1) is 0 Å². The molecule has 1 heterocycles. The van der Waals surface area contributed by atoms with Gasteiger partial charge in [-0.05, 0) is 28.1 Å². The first-order valence-corrected chi connectivity index (χ1v) is 3.68. The highest BCUT2D eigenvalue weighted by molar-refractivity contribution is 9.10. The monoisotopic (exact) mass is 218 g/mol. The van der Waals surface area contributed by atoms with Gasteiger partial charge in [0.2, 0.25) is 0 Å². The van der Waals surface area contributed by atoms with Gasteiger partial charge in [-0.3, -0.25) is 10.7 Å². The molecule has 0 saturated carbocycles. The zero-order chi connectivity index (χ0) is 8.27. The van der Waals surface area contributed by atoms with Gasteiger partial charge >= 0.3 is 0 Å². The molecule has 0 atom stereocenters. The summed E-state index contributed by atoms with van der Waals surface area (Å²) in [7, 11) is 1.55. The number of pyridine rings is 1. The molecule has 4 nitrogen and oxygen atoms in total. The van der Waals surface area contributed by atoms with Crippen LogP contribution in [0.3, 0.4) is 0 Å². The second kappa shape index (κ2) is 3.54. The molecule has 0 amide bonds. The third kappa shape index (κ3) is 1.81. The number of nitrogens with one attached hydrogen (secondary N) is 1. The van der Waals surface area contributed by atoms with Crippen LogP contribution in [-0.2, 0) is 0 Å². The highest BCUT2D eigenvalue weighted by Gasteiger charge is 2.00. The largest absolute Gasteiger partial charge is 0.494 e. The van der Waals surface area contributed by atoms with Crippen molar-refractivity contribution in [3.8, 4) is 5.75 Å². The van der Waals surface area contributed by atoms with Gasteiger partial charge in [0, 0.05) is 0 Å². The van der Waals surface area contributed by atoms with Gasteiger partial charge < -0.3 is 4.74 Å². The van der Waals surface area contributed by atoms with Crippen LogP contribution in [0.2, 0.25) is 0 Å². The molecule has 0 aliphatic carbocycles. The summed E-state index contributed by atoms with van der Waals surface area (Å²) in [6, 6.07) is 3.29. The van der Waals surface area contributed by atoms with E-state index in [0.717, 1.165) is 0 Å². The molecule has 1 aromatic heterocycles. The zero-order valence-corrected chi connectivity index (χ0v) is 7.42. The number of methoxy groups -OCH3 is 1. The Morgan fingerprint density at radius 1 is 1.64 bits per heavy atom. The fraction of sp³-hybridized carbons (Fsp3) is 0.167. The van der Waals surface area contributed by atoms with Crippen molar-refractivity contribution >= 4 is 21.7 Å². The van der Waals surface area contributed by atoms with Crippen LogP contribution in [0.1, 0.15) is 0 Å². The molecule has 11 heavy (non-hydrogen) atoms. The summed E-state index contributed by atoms with van der Waals surface area (Å²) in [4.78, 5) is 3.89.